The summed E-state index contributed by atoms with van der Waals surface area (Å²) in [5.74, 6) is -1.64. The van der Waals surface area contributed by atoms with E-state index in [1.165, 1.54) is 12.1 Å². The van der Waals surface area contributed by atoms with Gasteiger partial charge in [-0.2, -0.15) is 0 Å². The van der Waals surface area contributed by atoms with Crippen molar-refractivity contribution in [3.05, 3.63) is 69.2 Å². The molecule has 2 nitrogen and oxygen atoms in total. The van der Waals surface area contributed by atoms with Crippen molar-refractivity contribution >= 4 is 21.8 Å². The van der Waals surface area contributed by atoms with Crippen molar-refractivity contribution in [1.82, 2.24) is 5.32 Å². The van der Waals surface area contributed by atoms with Crippen molar-refractivity contribution in [2.45, 2.75) is 19.9 Å². The smallest absolute Gasteiger partial charge is 0.252 e. The number of hydrogen-bond acceptors (Lipinski definition) is 1. The topological polar surface area (TPSA) is 29.1 Å². The number of carbonyl (C=O) groups is 1. The zero-order valence-electron chi connectivity index (χ0n) is 11.6. The molecule has 0 saturated carbocycles. The van der Waals surface area contributed by atoms with Crippen LogP contribution in [0.3, 0.4) is 0 Å². The van der Waals surface area contributed by atoms with Crippen LogP contribution in [0.4, 0.5) is 8.78 Å². The minimum Gasteiger partial charge on any atom is -0.345 e. The van der Waals surface area contributed by atoms with Crippen LogP contribution in [0.5, 0.6) is 0 Å². The van der Waals surface area contributed by atoms with Crippen LogP contribution in [-0.4, -0.2) is 5.91 Å². The maximum atomic E-state index is 13.7. The van der Waals surface area contributed by atoms with Crippen LogP contribution >= 0.6 is 15.9 Å². The largest absolute Gasteiger partial charge is 0.345 e. The molecule has 0 heterocycles. The van der Waals surface area contributed by atoms with E-state index in [4.69, 9.17) is 0 Å². The molecule has 0 aliphatic carbocycles. The van der Waals surface area contributed by atoms with Crippen molar-refractivity contribution in [3.63, 3.8) is 0 Å². The number of nitrogens with one attached hydrogen (secondary N) is 1. The zero-order valence-corrected chi connectivity index (χ0v) is 13.2. The van der Waals surface area contributed by atoms with E-state index in [1.54, 1.807) is 19.1 Å². The van der Waals surface area contributed by atoms with E-state index in [2.05, 4.69) is 21.2 Å². The molecule has 1 amide bonds. The lowest BCUT2D eigenvalue weighted by molar-refractivity contribution is 0.0938. The Hall–Kier alpha value is -1.75. The molecule has 1 unspecified atom stereocenters. The molecule has 0 spiro atoms. The Morgan fingerprint density at radius 2 is 1.95 bits per heavy atom. The van der Waals surface area contributed by atoms with Gasteiger partial charge in [0.2, 0.25) is 0 Å². The second kappa shape index (κ2) is 6.35. The Kier molecular flexibility index (Phi) is 4.73. The molecule has 1 atom stereocenters. The molecule has 0 fully saturated rings. The normalized spacial score (nSPS) is 12.0. The molecule has 0 aliphatic heterocycles. The number of hydrogen-bond donors (Lipinski definition) is 1. The van der Waals surface area contributed by atoms with Gasteiger partial charge in [-0.05, 0) is 47.5 Å². The monoisotopic (exact) mass is 353 g/mol. The first-order chi connectivity index (χ1) is 9.90. The molecule has 5 heteroatoms. The molecule has 0 bridgehead atoms. The Labute approximate surface area is 130 Å². The number of carbonyl (C=O) groups excluding carboxylic acids is 1. The van der Waals surface area contributed by atoms with Crippen LogP contribution in [0.2, 0.25) is 0 Å². The molecule has 0 aliphatic rings. The summed E-state index contributed by atoms with van der Waals surface area (Å²) in [4.78, 5) is 12.2. The number of halogens is 3. The zero-order chi connectivity index (χ0) is 15.6. The molecule has 0 saturated heterocycles. The van der Waals surface area contributed by atoms with Gasteiger partial charge in [-0.15, -0.1) is 0 Å². The van der Waals surface area contributed by atoms with E-state index in [0.717, 1.165) is 11.6 Å². The van der Waals surface area contributed by atoms with E-state index in [9.17, 15) is 13.6 Å². The quantitative estimate of drug-likeness (QED) is 0.862. The summed E-state index contributed by atoms with van der Waals surface area (Å²) in [6, 6.07) is 8.08. The lowest BCUT2D eigenvalue weighted by atomic mass is 10.1. The van der Waals surface area contributed by atoms with Crippen LogP contribution in [0.15, 0.2) is 40.9 Å². The highest BCUT2D eigenvalue weighted by Gasteiger charge is 2.17. The highest BCUT2D eigenvalue weighted by molar-refractivity contribution is 9.10. The highest BCUT2D eigenvalue weighted by Crippen LogP contribution is 2.23. The minimum absolute atomic E-state index is 0.244. The van der Waals surface area contributed by atoms with Crippen molar-refractivity contribution in [2.24, 2.45) is 0 Å². The summed E-state index contributed by atoms with van der Waals surface area (Å²) < 4.78 is 27.3. The molecule has 110 valence electrons. The number of benzene rings is 2. The molecule has 2 rings (SSSR count). The Morgan fingerprint density at radius 3 is 2.62 bits per heavy atom. The Bertz CT molecular complexity index is 688. The van der Waals surface area contributed by atoms with Gasteiger partial charge in [-0.3, -0.25) is 4.79 Å². The van der Waals surface area contributed by atoms with Crippen molar-refractivity contribution in [3.8, 4) is 0 Å². The molecule has 2 aromatic rings. The predicted octanol–water partition coefficient (Wildman–Crippen LogP) is 4.53. The molecule has 21 heavy (non-hydrogen) atoms. The first kappa shape index (κ1) is 15.6. The SMILES string of the molecule is Cc1cccc(C(=O)NC(C)c2ccc(F)cc2F)c1Br. The van der Waals surface area contributed by atoms with Gasteiger partial charge in [0, 0.05) is 16.1 Å². The summed E-state index contributed by atoms with van der Waals surface area (Å²) in [6.07, 6.45) is 0. The predicted molar refractivity (Wildman–Crippen MR) is 81.1 cm³/mol. The van der Waals surface area contributed by atoms with E-state index in [-0.39, 0.29) is 11.5 Å². The Morgan fingerprint density at radius 1 is 1.24 bits per heavy atom. The molecule has 0 radical (unpaired) electrons. The maximum absolute atomic E-state index is 13.7. The molecular formula is C16H14BrF2NO. The summed E-state index contributed by atoms with van der Waals surface area (Å²) in [5, 5.41) is 2.71. The first-order valence-corrected chi connectivity index (χ1v) is 7.20. The lowest BCUT2D eigenvalue weighted by Crippen LogP contribution is -2.27. The van der Waals surface area contributed by atoms with Gasteiger partial charge >= 0.3 is 0 Å². The molecular weight excluding hydrogens is 340 g/mol. The second-order valence-corrected chi connectivity index (χ2v) is 5.59. The maximum Gasteiger partial charge on any atom is 0.252 e. The van der Waals surface area contributed by atoms with Crippen LogP contribution in [0.1, 0.15) is 34.5 Å². The molecule has 2 aromatic carbocycles. The standard InChI is InChI=1S/C16H14BrF2NO/c1-9-4-3-5-13(15(9)17)16(21)20-10(2)12-7-6-11(18)8-14(12)19/h3-8,10H,1-2H3,(H,20,21). The average Bonchev–Trinajstić information content (AvgIpc) is 2.41. The fourth-order valence-corrected chi connectivity index (χ4v) is 2.47. The van der Waals surface area contributed by atoms with Crippen LogP contribution < -0.4 is 5.32 Å². The highest BCUT2D eigenvalue weighted by atomic mass is 79.9. The van der Waals surface area contributed by atoms with Crippen LogP contribution in [0, 0.1) is 18.6 Å². The van der Waals surface area contributed by atoms with Gasteiger partial charge < -0.3 is 5.32 Å². The molecule has 0 aromatic heterocycles. The van der Waals surface area contributed by atoms with Crippen LogP contribution in [-0.2, 0) is 0 Å². The third-order valence-corrected chi connectivity index (χ3v) is 4.27. The van der Waals surface area contributed by atoms with Crippen LogP contribution in [0.25, 0.3) is 0 Å². The van der Waals surface area contributed by atoms with Crippen molar-refractivity contribution < 1.29 is 13.6 Å². The fraction of sp³-hybridized carbons (Fsp3) is 0.188. The van der Waals surface area contributed by atoms with Gasteiger partial charge in [0.15, 0.2) is 0 Å². The molecule has 1 N–H and O–H groups in total. The lowest BCUT2D eigenvalue weighted by Gasteiger charge is -2.16. The summed E-state index contributed by atoms with van der Waals surface area (Å²) >= 11 is 3.37. The van der Waals surface area contributed by atoms with Gasteiger partial charge in [-0.25, -0.2) is 8.78 Å². The van der Waals surface area contributed by atoms with E-state index in [1.807, 2.05) is 13.0 Å². The van der Waals surface area contributed by atoms with Gasteiger partial charge in [0.05, 0.1) is 11.6 Å². The van der Waals surface area contributed by atoms with E-state index >= 15 is 0 Å². The van der Waals surface area contributed by atoms with Crippen molar-refractivity contribution in [1.29, 1.82) is 0 Å². The third-order valence-electron chi connectivity index (χ3n) is 3.21. The second-order valence-electron chi connectivity index (χ2n) is 4.80. The summed E-state index contributed by atoms with van der Waals surface area (Å²) in [6.45, 7) is 3.53. The fourth-order valence-electron chi connectivity index (χ4n) is 2.03. The van der Waals surface area contributed by atoms with E-state index < -0.39 is 17.7 Å². The third kappa shape index (κ3) is 3.47. The summed E-state index contributed by atoms with van der Waals surface area (Å²) in [5.41, 5.74) is 1.65. The van der Waals surface area contributed by atoms with Gasteiger partial charge in [0.25, 0.3) is 5.91 Å². The first-order valence-electron chi connectivity index (χ1n) is 6.41. The minimum atomic E-state index is -0.675. The summed E-state index contributed by atoms with van der Waals surface area (Å²) in [7, 11) is 0. The van der Waals surface area contributed by atoms with Crippen molar-refractivity contribution in [2.75, 3.05) is 0 Å². The number of aryl methyl sites for hydroxylation is 1. The van der Waals surface area contributed by atoms with E-state index in [0.29, 0.717) is 10.0 Å². The average molecular weight is 354 g/mol. The number of rotatable bonds is 3. The van der Waals surface area contributed by atoms with Gasteiger partial charge in [-0.1, -0.05) is 18.2 Å². The number of amides is 1. The van der Waals surface area contributed by atoms with Gasteiger partial charge in [0.1, 0.15) is 11.6 Å². The Balaban J connectivity index is 2.21.